The number of nitrogens with zero attached hydrogens (tertiary/aromatic N) is 1. The SMILES string of the molecule is CN(C)CCCCNC(=O)C1CCC(=O)NC1. The lowest BCUT2D eigenvalue weighted by atomic mass is 9.98. The van der Waals surface area contributed by atoms with E-state index in [1.807, 2.05) is 14.1 Å². The van der Waals surface area contributed by atoms with Crippen LogP contribution in [0, 0.1) is 5.92 Å². The third-order valence-electron chi connectivity index (χ3n) is 2.97. The molecule has 5 heteroatoms. The van der Waals surface area contributed by atoms with Crippen LogP contribution in [0.1, 0.15) is 25.7 Å². The lowest BCUT2D eigenvalue weighted by Crippen LogP contribution is -2.43. The highest BCUT2D eigenvalue weighted by molar-refractivity contribution is 5.83. The van der Waals surface area contributed by atoms with Gasteiger partial charge >= 0.3 is 0 Å². The zero-order valence-electron chi connectivity index (χ0n) is 10.8. The van der Waals surface area contributed by atoms with Crippen LogP contribution in [0.5, 0.6) is 0 Å². The molecule has 1 rings (SSSR count). The maximum absolute atomic E-state index is 11.7. The highest BCUT2D eigenvalue weighted by Gasteiger charge is 2.23. The molecule has 1 atom stereocenters. The van der Waals surface area contributed by atoms with Crippen molar-refractivity contribution in [3.05, 3.63) is 0 Å². The summed E-state index contributed by atoms with van der Waals surface area (Å²) < 4.78 is 0. The lowest BCUT2D eigenvalue weighted by Gasteiger charge is -2.21. The van der Waals surface area contributed by atoms with Gasteiger partial charge in [-0.05, 0) is 39.9 Å². The van der Waals surface area contributed by atoms with E-state index in [2.05, 4.69) is 15.5 Å². The largest absolute Gasteiger partial charge is 0.356 e. The molecule has 98 valence electrons. The monoisotopic (exact) mass is 241 g/mol. The first kappa shape index (κ1) is 14.0. The molecule has 1 saturated heterocycles. The first-order valence-electron chi connectivity index (χ1n) is 6.28. The summed E-state index contributed by atoms with van der Waals surface area (Å²) in [6.45, 7) is 2.27. The summed E-state index contributed by atoms with van der Waals surface area (Å²) in [5.74, 6) is 0.0939. The van der Waals surface area contributed by atoms with Crippen molar-refractivity contribution in [1.29, 1.82) is 0 Å². The average molecular weight is 241 g/mol. The van der Waals surface area contributed by atoms with Crippen LogP contribution in [0.3, 0.4) is 0 Å². The number of carbonyl (C=O) groups excluding carboxylic acids is 2. The van der Waals surface area contributed by atoms with Gasteiger partial charge in [-0.1, -0.05) is 0 Å². The van der Waals surface area contributed by atoms with Gasteiger partial charge in [0.2, 0.25) is 11.8 Å². The second-order valence-corrected chi connectivity index (χ2v) is 4.84. The van der Waals surface area contributed by atoms with Crippen molar-refractivity contribution in [2.75, 3.05) is 33.7 Å². The summed E-state index contributed by atoms with van der Waals surface area (Å²) >= 11 is 0. The Bertz CT molecular complexity index is 256. The Morgan fingerprint density at radius 3 is 2.82 bits per heavy atom. The number of carbonyl (C=O) groups is 2. The fraction of sp³-hybridized carbons (Fsp3) is 0.833. The summed E-state index contributed by atoms with van der Waals surface area (Å²) in [7, 11) is 4.09. The highest BCUT2D eigenvalue weighted by Crippen LogP contribution is 2.10. The molecule has 0 aliphatic carbocycles. The van der Waals surface area contributed by atoms with Crippen LogP contribution in [0.15, 0.2) is 0 Å². The highest BCUT2D eigenvalue weighted by atomic mass is 16.2. The summed E-state index contributed by atoms with van der Waals surface area (Å²) in [5.41, 5.74) is 0. The van der Waals surface area contributed by atoms with Crippen LogP contribution in [-0.2, 0) is 9.59 Å². The van der Waals surface area contributed by atoms with E-state index >= 15 is 0 Å². The molecule has 17 heavy (non-hydrogen) atoms. The van der Waals surface area contributed by atoms with Crippen molar-refractivity contribution < 1.29 is 9.59 Å². The van der Waals surface area contributed by atoms with E-state index in [1.165, 1.54) is 0 Å². The van der Waals surface area contributed by atoms with Crippen LogP contribution in [-0.4, -0.2) is 50.4 Å². The summed E-state index contributed by atoms with van der Waals surface area (Å²) in [6.07, 6.45) is 3.24. The molecular weight excluding hydrogens is 218 g/mol. The molecule has 0 aromatic carbocycles. The summed E-state index contributed by atoms with van der Waals surface area (Å²) in [5, 5.41) is 5.66. The average Bonchev–Trinajstić information content (AvgIpc) is 2.29. The molecule has 1 aliphatic heterocycles. The molecule has 0 radical (unpaired) electrons. The number of amides is 2. The van der Waals surface area contributed by atoms with Crippen molar-refractivity contribution in [1.82, 2.24) is 15.5 Å². The van der Waals surface area contributed by atoms with Crippen LogP contribution < -0.4 is 10.6 Å². The fourth-order valence-electron chi connectivity index (χ4n) is 1.87. The van der Waals surface area contributed by atoms with Gasteiger partial charge in [0.25, 0.3) is 0 Å². The molecule has 0 saturated carbocycles. The Morgan fingerprint density at radius 1 is 1.47 bits per heavy atom. The van der Waals surface area contributed by atoms with Crippen LogP contribution in [0.4, 0.5) is 0 Å². The normalized spacial score (nSPS) is 20.2. The third kappa shape index (κ3) is 5.68. The number of rotatable bonds is 6. The molecule has 1 aliphatic rings. The van der Waals surface area contributed by atoms with E-state index in [0.29, 0.717) is 19.4 Å². The van der Waals surface area contributed by atoms with Gasteiger partial charge in [0, 0.05) is 19.5 Å². The van der Waals surface area contributed by atoms with E-state index < -0.39 is 0 Å². The van der Waals surface area contributed by atoms with Gasteiger partial charge in [0.05, 0.1) is 5.92 Å². The van der Waals surface area contributed by atoms with Crippen molar-refractivity contribution in [3.8, 4) is 0 Å². The van der Waals surface area contributed by atoms with Gasteiger partial charge in [-0.3, -0.25) is 9.59 Å². The Labute approximate surface area is 103 Å². The maximum Gasteiger partial charge on any atom is 0.224 e. The van der Waals surface area contributed by atoms with Gasteiger partial charge in [0.15, 0.2) is 0 Å². The quantitative estimate of drug-likeness (QED) is 0.642. The summed E-state index contributed by atoms with van der Waals surface area (Å²) in [4.78, 5) is 24.8. The lowest BCUT2D eigenvalue weighted by molar-refractivity contribution is -0.128. The van der Waals surface area contributed by atoms with E-state index in [0.717, 1.165) is 25.9 Å². The molecule has 0 aromatic rings. The molecule has 1 heterocycles. The van der Waals surface area contributed by atoms with Gasteiger partial charge in [-0.15, -0.1) is 0 Å². The third-order valence-corrected chi connectivity index (χ3v) is 2.97. The van der Waals surface area contributed by atoms with Gasteiger partial charge < -0.3 is 15.5 Å². The van der Waals surface area contributed by atoms with Crippen molar-refractivity contribution in [2.45, 2.75) is 25.7 Å². The molecule has 0 aromatic heterocycles. The van der Waals surface area contributed by atoms with E-state index in [1.54, 1.807) is 0 Å². The molecule has 1 fully saturated rings. The van der Waals surface area contributed by atoms with Gasteiger partial charge in [-0.25, -0.2) is 0 Å². The Balaban J connectivity index is 2.06. The maximum atomic E-state index is 11.7. The second kappa shape index (κ2) is 7.27. The van der Waals surface area contributed by atoms with E-state index in [4.69, 9.17) is 0 Å². The molecule has 0 bridgehead atoms. The predicted octanol–water partition coefficient (Wildman–Crippen LogP) is -0.0294. The first-order chi connectivity index (χ1) is 8.09. The molecular formula is C12H23N3O2. The van der Waals surface area contributed by atoms with Crippen LogP contribution >= 0.6 is 0 Å². The Morgan fingerprint density at radius 2 is 2.24 bits per heavy atom. The van der Waals surface area contributed by atoms with E-state index in [9.17, 15) is 9.59 Å². The van der Waals surface area contributed by atoms with Gasteiger partial charge in [-0.2, -0.15) is 0 Å². The minimum Gasteiger partial charge on any atom is -0.356 e. The van der Waals surface area contributed by atoms with Gasteiger partial charge in [0.1, 0.15) is 0 Å². The zero-order valence-corrected chi connectivity index (χ0v) is 10.8. The summed E-state index contributed by atoms with van der Waals surface area (Å²) in [6, 6.07) is 0. The standard InChI is InChI=1S/C12H23N3O2/c1-15(2)8-4-3-7-13-12(17)10-5-6-11(16)14-9-10/h10H,3-9H2,1-2H3,(H,13,17)(H,14,16). The predicted molar refractivity (Wildman–Crippen MR) is 66.5 cm³/mol. The van der Waals surface area contributed by atoms with Crippen molar-refractivity contribution >= 4 is 11.8 Å². The Hall–Kier alpha value is -1.10. The number of nitrogens with one attached hydrogen (secondary N) is 2. The van der Waals surface area contributed by atoms with Crippen molar-refractivity contribution in [2.24, 2.45) is 5.92 Å². The fourth-order valence-corrected chi connectivity index (χ4v) is 1.87. The zero-order chi connectivity index (χ0) is 12.7. The number of hydrogen-bond donors (Lipinski definition) is 2. The molecule has 2 amide bonds. The molecule has 5 nitrogen and oxygen atoms in total. The number of unbranched alkanes of at least 4 members (excludes halogenated alkanes) is 1. The van der Waals surface area contributed by atoms with Crippen LogP contribution in [0.2, 0.25) is 0 Å². The molecule has 0 spiro atoms. The van der Waals surface area contributed by atoms with Crippen molar-refractivity contribution in [3.63, 3.8) is 0 Å². The first-order valence-corrected chi connectivity index (χ1v) is 6.28. The van der Waals surface area contributed by atoms with Crippen LogP contribution in [0.25, 0.3) is 0 Å². The smallest absolute Gasteiger partial charge is 0.224 e. The number of hydrogen-bond acceptors (Lipinski definition) is 3. The molecule has 2 N–H and O–H groups in total. The number of piperidine rings is 1. The Kier molecular flexibility index (Phi) is 5.97. The van der Waals surface area contributed by atoms with E-state index in [-0.39, 0.29) is 17.7 Å². The second-order valence-electron chi connectivity index (χ2n) is 4.84. The minimum atomic E-state index is -0.0402. The minimum absolute atomic E-state index is 0.0402. The topological polar surface area (TPSA) is 61.4 Å². The molecule has 1 unspecified atom stereocenters.